The minimum atomic E-state index is -1.69. The van der Waals surface area contributed by atoms with Crippen molar-refractivity contribution in [2.24, 2.45) is 16.7 Å². The van der Waals surface area contributed by atoms with E-state index in [4.69, 9.17) is 0 Å². The second kappa shape index (κ2) is 6.85. The van der Waals surface area contributed by atoms with Crippen molar-refractivity contribution in [1.82, 2.24) is 0 Å². The van der Waals surface area contributed by atoms with E-state index in [0.29, 0.717) is 6.42 Å². The van der Waals surface area contributed by atoms with Crippen LogP contribution < -0.4 is 0 Å². The van der Waals surface area contributed by atoms with Gasteiger partial charge in [0.2, 0.25) is 0 Å². The first-order valence-corrected chi connectivity index (χ1v) is 8.02. The molecule has 0 spiro atoms. The van der Waals surface area contributed by atoms with Crippen molar-refractivity contribution in [3.63, 3.8) is 0 Å². The first kappa shape index (κ1) is 20.7. The summed E-state index contributed by atoms with van der Waals surface area (Å²) in [6.45, 7) is 12.0. The van der Waals surface area contributed by atoms with Gasteiger partial charge in [0, 0.05) is 22.5 Å². The molecule has 136 valence electrons. The van der Waals surface area contributed by atoms with E-state index < -0.39 is 45.7 Å². The molecule has 0 saturated heterocycles. The average molecular weight is 346 g/mol. The molecule has 0 aliphatic heterocycles. The predicted octanol–water partition coefficient (Wildman–Crippen LogP) is 5.76. The topological polar surface area (TPSA) is 17.1 Å². The van der Waals surface area contributed by atoms with Gasteiger partial charge in [0.1, 0.15) is 11.6 Å². The van der Waals surface area contributed by atoms with Gasteiger partial charge >= 0.3 is 0 Å². The number of rotatable bonds is 4. The first-order valence-electron chi connectivity index (χ1n) is 8.02. The highest BCUT2D eigenvalue weighted by Gasteiger charge is 2.35. The van der Waals surface area contributed by atoms with E-state index >= 15 is 0 Å². The Morgan fingerprint density at radius 2 is 1.38 bits per heavy atom. The monoisotopic (exact) mass is 346 g/mol. The lowest BCUT2D eigenvalue weighted by Crippen LogP contribution is -2.33. The third-order valence-electron chi connectivity index (χ3n) is 3.99. The van der Waals surface area contributed by atoms with Crippen LogP contribution in [0.2, 0.25) is 0 Å². The Hall–Kier alpha value is -1.39. The van der Waals surface area contributed by atoms with Crippen molar-refractivity contribution in [3.05, 3.63) is 34.4 Å². The fraction of sp³-hybridized carbons (Fsp3) is 0.632. The van der Waals surface area contributed by atoms with E-state index in [9.17, 15) is 22.4 Å². The van der Waals surface area contributed by atoms with Gasteiger partial charge in [0.05, 0.1) is 0 Å². The van der Waals surface area contributed by atoms with E-state index in [0.717, 1.165) is 6.92 Å². The van der Waals surface area contributed by atoms with E-state index in [2.05, 4.69) is 0 Å². The van der Waals surface area contributed by atoms with Crippen LogP contribution in [0, 0.1) is 46.9 Å². The molecule has 0 unspecified atom stereocenters. The fourth-order valence-electron chi connectivity index (χ4n) is 2.85. The number of hydrogen-bond acceptors (Lipinski definition) is 1. The Balaban J connectivity index is 3.37. The second-order valence-corrected chi connectivity index (χ2v) is 8.64. The third-order valence-corrected chi connectivity index (χ3v) is 3.99. The lowest BCUT2D eigenvalue weighted by molar-refractivity contribution is -0.131. The summed E-state index contributed by atoms with van der Waals surface area (Å²) in [5.41, 5.74) is -2.08. The Morgan fingerprint density at radius 1 is 0.875 bits per heavy atom. The second-order valence-electron chi connectivity index (χ2n) is 8.64. The third kappa shape index (κ3) is 4.58. The molecule has 0 aromatic heterocycles. The zero-order valence-corrected chi connectivity index (χ0v) is 15.4. The van der Waals surface area contributed by atoms with Crippen molar-refractivity contribution >= 4 is 5.78 Å². The SMILES string of the molecule is Cc1c(F)c(F)c(F)c(C[C@H](CC(C)(C)C)C(=O)C(C)(C)C)c1F. The van der Waals surface area contributed by atoms with Crippen LogP contribution in [-0.2, 0) is 11.2 Å². The maximum Gasteiger partial charge on any atom is 0.195 e. The van der Waals surface area contributed by atoms with Gasteiger partial charge in [-0.05, 0) is 25.2 Å². The molecule has 1 atom stereocenters. The minimum Gasteiger partial charge on any atom is -0.299 e. The number of benzene rings is 1. The number of carbonyl (C=O) groups excluding carboxylic acids is 1. The van der Waals surface area contributed by atoms with Gasteiger partial charge < -0.3 is 0 Å². The molecule has 1 rings (SSSR count). The molecule has 0 aliphatic rings. The zero-order chi connectivity index (χ0) is 19.0. The number of carbonyl (C=O) groups is 1. The molecular weight excluding hydrogens is 320 g/mol. The number of hydrogen-bond donors (Lipinski definition) is 0. The summed E-state index contributed by atoms with van der Waals surface area (Å²) in [4.78, 5) is 12.7. The normalized spacial score (nSPS) is 14.0. The molecule has 0 bridgehead atoms. The van der Waals surface area contributed by atoms with Crippen LogP contribution in [0.5, 0.6) is 0 Å². The zero-order valence-electron chi connectivity index (χ0n) is 15.4. The highest BCUT2D eigenvalue weighted by Crippen LogP contribution is 2.34. The van der Waals surface area contributed by atoms with E-state index in [1.165, 1.54) is 0 Å². The van der Waals surface area contributed by atoms with Crippen molar-refractivity contribution in [2.45, 2.75) is 61.3 Å². The molecule has 0 fully saturated rings. The summed E-state index contributed by atoms with van der Waals surface area (Å²) in [5, 5.41) is 0. The number of Topliss-reactive ketones (excluding diaryl/α,β-unsaturated/α-hetero) is 1. The van der Waals surface area contributed by atoms with Crippen LogP contribution in [0.3, 0.4) is 0 Å². The average Bonchev–Trinajstić information content (AvgIpc) is 2.43. The quantitative estimate of drug-likeness (QED) is 0.385. The molecule has 24 heavy (non-hydrogen) atoms. The van der Waals surface area contributed by atoms with E-state index in [-0.39, 0.29) is 17.6 Å². The predicted molar refractivity (Wildman–Crippen MR) is 86.7 cm³/mol. The molecule has 1 aromatic carbocycles. The summed E-state index contributed by atoms with van der Waals surface area (Å²) >= 11 is 0. The van der Waals surface area contributed by atoms with Gasteiger partial charge in [0.15, 0.2) is 17.5 Å². The van der Waals surface area contributed by atoms with Crippen molar-refractivity contribution < 1.29 is 22.4 Å². The molecule has 0 heterocycles. The Labute approximate surface area is 141 Å². The Kier molecular flexibility index (Phi) is 5.89. The Bertz CT molecular complexity index is 607. The van der Waals surface area contributed by atoms with E-state index in [1.54, 1.807) is 20.8 Å². The Morgan fingerprint density at radius 3 is 1.79 bits per heavy atom. The molecule has 0 radical (unpaired) electrons. The van der Waals surface area contributed by atoms with Crippen molar-refractivity contribution in [3.8, 4) is 0 Å². The van der Waals surface area contributed by atoms with Crippen LogP contribution in [-0.4, -0.2) is 5.78 Å². The maximum atomic E-state index is 14.3. The molecule has 1 nitrogen and oxygen atoms in total. The summed E-state index contributed by atoms with van der Waals surface area (Å²) < 4.78 is 55.5. The van der Waals surface area contributed by atoms with Gasteiger partial charge in [-0.2, -0.15) is 0 Å². The summed E-state index contributed by atoms with van der Waals surface area (Å²) in [6, 6.07) is 0. The molecule has 0 aliphatic carbocycles. The molecule has 5 heteroatoms. The summed E-state index contributed by atoms with van der Waals surface area (Å²) in [6.07, 6.45) is 0.100. The highest BCUT2D eigenvalue weighted by atomic mass is 19.2. The molecular formula is C19H26F4O. The summed E-state index contributed by atoms with van der Waals surface area (Å²) in [7, 11) is 0. The number of halogens is 4. The van der Waals surface area contributed by atoms with Crippen LogP contribution in [0.1, 0.15) is 59.1 Å². The van der Waals surface area contributed by atoms with Crippen LogP contribution in [0.4, 0.5) is 17.6 Å². The first-order chi connectivity index (χ1) is 10.7. The van der Waals surface area contributed by atoms with Gasteiger partial charge in [-0.1, -0.05) is 41.5 Å². The van der Waals surface area contributed by atoms with Gasteiger partial charge in [0.25, 0.3) is 0 Å². The highest BCUT2D eigenvalue weighted by molar-refractivity contribution is 5.86. The fourth-order valence-corrected chi connectivity index (χ4v) is 2.85. The molecule has 1 aromatic rings. The standard InChI is InChI=1S/C19H26F4O/c1-10-13(20)12(15(22)16(23)14(10)21)8-11(9-18(2,3)4)17(24)19(5,6)7/h11H,8-9H2,1-7H3/t11-/m1/s1. The van der Waals surface area contributed by atoms with Crippen LogP contribution in [0.15, 0.2) is 0 Å². The van der Waals surface area contributed by atoms with Gasteiger partial charge in [-0.3, -0.25) is 4.79 Å². The van der Waals surface area contributed by atoms with Gasteiger partial charge in [-0.15, -0.1) is 0 Å². The maximum absolute atomic E-state index is 14.3. The molecule has 0 saturated carbocycles. The number of ketones is 1. The van der Waals surface area contributed by atoms with Crippen molar-refractivity contribution in [1.29, 1.82) is 0 Å². The van der Waals surface area contributed by atoms with Crippen LogP contribution >= 0.6 is 0 Å². The van der Waals surface area contributed by atoms with Gasteiger partial charge in [-0.25, -0.2) is 17.6 Å². The smallest absolute Gasteiger partial charge is 0.195 e. The van der Waals surface area contributed by atoms with Crippen LogP contribution in [0.25, 0.3) is 0 Å². The molecule has 0 N–H and O–H groups in total. The largest absolute Gasteiger partial charge is 0.299 e. The van der Waals surface area contributed by atoms with Crippen molar-refractivity contribution in [2.75, 3.05) is 0 Å². The van der Waals surface area contributed by atoms with E-state index in [1.807, 2.05) is 20.8 Å². The lowest BCUT2D eigenvalue weighted by Gasteiger charge is -2.30. The molecule has 0 amide bonds. The minimum absolute atomic E-state index is 0.154. The summed E-state index contributed by atoms with van der Waals surface area (Å²) in [5.74, 6) is -6.72. The lowest BCUT2D eigenvalue weighted by atomic mass is 9.73.